The van der Waals surface area contributed by atoms with Crippen molar-refractivity contribution in [2.24, 2.45) is 11.8 Å². The number of amides is 1. The van der Waals surface area contributed by atoms with Gasteiger partial charge in [0.25, 0.3) is 5.91 Å². The second kappa shape index (κ2) is 5.04. The van der Waals surface area contributed by atoms with Crippen molar-refractivity contribution in [1.29, 1.82) is 0 Å². The van der Waals surface area contributed by atoms with Crippen molar-refractivity contribution in [3.63, 3.8) is 0 Å². The Morgan fingerprint density at radius 1 is 1.45 bits per heavy atom. The number of hydrogen-bond donors (Lipinski definition) is 1. The Hall–Kier alpha value is -1.64. The lowest BCUT2D eigenvalue weighted by Crippen LogP contribution is -2.34. The molecule has 1 aliphatic rings. The molecule has 2 rings (SSSR count). The summed E-state index contributed by atoms with van der Waals surface area (Å²) < 4.78 is 38.4. The zero-order chi connectivity index (χ0) is 15.1. The third-order valence-electron chi connectivity index (χ3n) is 3.18. The first-order valence-corrected chi connectivity index (χ1v) is 6.53. The van der Waals surface area contributed by atoms with Crippen LogP contribution in [0.25, 0.3) is 0 Å². The minimum atomic E-state index is -4.64. The Kier molecular flexibility index (Phi) is 3.72. The molecule has 20 heavy (non-hydrogen) atoms. The summed E-state index contributed by atoms with van der Waals surface area (Å²) in [6.45, 7) is 0.607. The highest BCUT2D eigenvalue weighted by Gasteiger charge is 2.53. The molecule has 1 aromatic rings. The van der Waals surface area contributed by atoms with Gasteiger partial charge in [0, 0.05) is 13.1 Å². The third kappa shape index (κ3) is 2.77. The molecule has 0 spiro atoms. The van der Waals surface area contributed by atoms with E-state index in [0.29, 0.717) is 5.01 Å². The highest BCUT2D eigenvalue weighted by atomic mass is 32.1. The Bertz CT molecular complexity index is 543. The standard InChI is InChI=1S/C11H11F3N2O3S/c1-5-15-2-8(20-5)9(17)16-3-6(10(18)19)7(4-16)11(12,13)14/h2,6-7H,3-4H2,1H3,(H,18,19)/t6-,7-/m1/s1. The fraction of sp³-hybridized carbons (Fsp3) is 0.545. The fourth-order valence-corrected chi connectivity index (χ4v) is 2.91. The van der Waals surface area contributed by atoms with Crippen molar-refractivity contribution in [1.82, 2.24) is 9.88 Å². The number of halogens is 3. The van der Waals surface area contributed by atoms with Crippen LogP contribution in [-0.4, -0.2) is 46.1 Å². The van der Waals surface area contributed by atoms with Crippen LogP contribution in [0.3, 0.4) is 0 Å². The minimum Gasteiger partial charge on any atom is -0.481 e. The number of carboxylic acid groups (broad SMARTS) is 1. The van der Waals surface area contributed by atoms with Crippen LogP contribution in [-0.2, 0) is 4.79 Å². The van der Waals surface area contributed by atoms with Gasteiger partial charge in [-0.05, 0) is 6.92 Å². The van der Waals surface area contributed by atoms with Crippen molar-refractivity contribution in [3.05, 3.63) is 16.1 Å². The molecule has 1 fully saturated rings. The molecule has 9 heteroatoms. The van der Waals surface area contributed by atoms with E-state index in [-0.39, 0.29) is 4.88 Å². The van der Waals surface area contributed by atoms with Crippen LogP contribution < -0.4 is 0 Å². The predicted octanol–water partition coefficient (Wildman–Crippen LogP) is 1.79. The van der Waals surface area contributed by atoms with Crippen LogP contribution in [0, 0.1) is 18.8 Å². The number of carbonyl (C=O) groups excluding carboxylic acids is 1. The van der Waals surface area contributed by atoms with E-state index in [0.717, 1.165) is 16.2 Å². The second-order valence-corrected chi connectivity index (χ2v) is 5.78. The van der Waals surface area contributed by atoms with Gasteiger partial charge in [-0.15, -0.1) is 11.3 Å². The Morgan fingerprint density at radius 2 is 2.10 bits per heavy atom. The van der Waals surface area contributed by atoms with Crippen molar-refractivity contribution < 1.29 is 27.9 Å². The molecule has 1 saturated heterocycles. The number of likely N-dealkylation sites (tertiary alicyclic amines) is 1. The molecule has 110 valence electrons. The number of rotatable bonds is 2. The molecule has 1 aromatic heterocycles. The molecule has 5 nitrogen and oxygen atoms in total. The van der Waals surface area contributed by atoms with Crippen LogP contribution in [0.5, 0.6) is 0 Å². The highest BCUT2D eigenvalue weighted by Crippen LogP contribution is 2.38. The SMILES string of the molecule is Cc1ncc(C(=O)N2C[C@@H](C(F)(F)F)[C@H](C(=O)O)C2)s1. The lowest BCUT2D eigenvalue weighted by molar-refractivity contribution is -0.187. The quantitative estimate of drug-likeness (QED) is 0.904. The summed E-state index contributed by atoms with van der Waals surface area (Å²) in [4.78, 5) is 28.0. The molecular formula is C11H11F3N2O3S. The molecule has 0 aromatic carbocycles. The number of alkyl halides is 3. The van der Waals surface area contributed by atoms with Crippen LogP contribution >= 0.6 is 11.3 Å². The molecule has 0 bridgehead atoms. The lowest BCUT2D eigenvalue weighted by atomic mass is 9.96. The number of hydrogen-bond acceptors (Lipinski definition) is 4. The van der Waals surface area contributed by atoms with Gasteiger partial charge >= 0.3 is 12.1 Å². The summed E-state index contributed by atoms with van der Waals surface area (Å²) in [6.07, 6.45) is -3.35. The van der Waals surface area contributed by atoms with Crippen molar-refractivity contribution in [2.75, 3.05) is 13.1 Å². The average Bonchev–Trinajstić information content (AvgIpc) is 2.93. The monoisotopic (exact) mass is 308 g/mol. The lowest BCUT2D eigenvalue weighted by Gasteiger charge is -2.18. The van der Waals surface area contributed by atoms with Gasteiger partial charge in [0.05, 0.1) is 23.0 Å². The van der Waals surface area contributed by atoms with E-state index in [9.17, 15) is 22.8 Å². The van der Waals surface area contributed by atoms with E-state index in [1.165, 1.54) is 6.20 Å². The molecule has 0 aliphatic carbocycles. The molecule has 1 N–H and O–H groups in total. The van der Waals surface area contributed by atoms with E-state index in [4.69, 9.17) is 5.11 Å². The molecular weight excluding hydrogens is 297 g/mol. The number of nitrogens with zero attached hydrogens (tertiary/aromatic N) is 2. The normalized spacial score (nSPS) is 23.1. The van der Waals surface area contributed by atoms with Gasteiger partial charge in [0.1, 0.15) is 4.88 Å². The third-order valence-corrected chi connectivity index (χ3v) is 4.08. The van der Waals surface area contributed by atoms with Crippen LogP contribution in [0.1, 0.15) is 14.7 Å². The molecule has 1 aliphatic heterocycles. The Labute approximate surface area is 116 Å². The van der Waals surface area contributed by atoms with Gasteiger partial charge in [-0.3, -0.25) is 9.59 Å². The van der Waals surface area contributed by atoms with Crippen molar-refractivity contribution in [3.8, 4) is 0 Å². The van der Waals surface area contributed by atoms with Gasteiger partial charge in [-0.2, -0.15) is 13.2 Å². The van der Waals surface area contributed by atoms with Gasteiger partial charge in [-0.25, -0.2) is 4.98 Å². The maximum atomic E-state index is 12.8. The predicted molar refractivity (Wildman–Crippen MR) is 63.4 cm³/mol. The van der Waals surface area contributed by atoms with Crippen molar-refractivity contribution in [2.45, 2.75) is 13.1 Å². The summed E-state index contributed by atoms with van der Waals surface area (Å²) in [5.41, 5.74) is 0. The summed E-state index contributed by atoms with van der Waals surface area (Å²) in [5.74, 6) is -5.79. The highest BCUT2D eigenvalue weighted by molar-refractivity contribution is 7.13. The van der Waals surface area contributed by atoms with E-state index in [2.05, 4.69) is 4.98 Å². The Morgan fingerprint density at radius 3 is 2.50 bits per heavy atom. The molecule has 0 radical (unpaired) electrons. The number of carboxylic acids is 1. The number of aromatic nitrogens is 1. The Balaban J connectivity index is 2.20. The first-order chi connectivity index (χ1) is 9.20. The van der Waals surface area contributed by atoms with Gasteiger partial charge < -0.3 is 10.0 Å². The van der Waals surface area contributed by atoms with Gasteiger partial charge in [0.15, 0.2) is 0 Å². The van der Waals surface area contributed by atoms with E-state index >= 15 is 0 Å². The topological polar surface area (TPSA) is 70.5 Å². The van der Waals surface area contributed by atoms with E-state index < -0.39 is 43.0 Å². The largest absolute Gasteiger partial charge is 0.481 e. The first-order valence-electron chi connectivity index (χ1n) is 5.71. The minimum absolute atomic E-state index is 0.217. The molecule has 2 atom stereocenters. The summed E-state index contributed by atoms with van der Waals surface area (Å²) >= 11 is 1.07. The second-order valence-electron chi connectivity index (χ2n) is 4.55. The smallest absolute Gasteiger partial charge is 0.394 e. The molecule has 1 amide bonds. The van der Waals surface area contributed by atoms with Gasteiger partial charge in [0.2, 0.25) is 0 Å². The summed E-state index contributed by atoms with van der Waals surface area (Å²) in [6, 6.07) is 0. The fourth-order valence-electron chi connectivity index (χ4n) is 2.17. The first kappa shape index (κ1) is 14.8. The van der Waals surface area contributed by atoms with Crippen LogP contribution in [0.4, 0.5) is 13.2 Å². The number of thiazole rings is 1. The molecule has 0 unspecified atom stereocenters. The maximum Gasteiger partial charge on any atom is 0.394 e. The van der Waals surface area contributed by atoms with Crippen molar-refractivity contribution >= 4 is 23.2 Å². The maximum absolute atomic E-state index is 12.8. The van der Waals surface area contributed by atoms with Crippen LogP contribution in [0.15, 0.2) is 6.20 Å². The number of carbonyl (C=O) groups is 2. The van der Waals surface area contributed by atoms with Crippen LogP contribution in [0.2, 0.25) is 0 Å². The number of aliphatic carboxylic acids is 1. The molecule has 0 saturated carbocycles. The average molecular weight is 308 g/mol. The summed E-state index contributed by atoms with van der Waals surface area (Å²) in [7, 11) is 0. The van der Waals surface area contributed by atoms with E-state index in [1.807, 2.05) is 0 Å². The zero-order valence-electron chi connectivity index (χ0n) is 10.3. The molecule has 2 heterocycles. The number of aryl methyl sites for hydroxylation is 1. The summed E-state index contributed by atoms with van der Waals surface area (Å²) in [5, 5.41) is 9.49. The zero-order valence-corrected chi connectivity index (χ0v) is 11.2. The van der Waals surface area contributed by atoms with E-state index in [1.54, 1.807) is 6.92 Å². The van der Waals surface area contributed by atoms with Gasteiger partial charge in [-0.1, -0.05) is 0 Å².